The lowest BCUT2D eigenvalue weighted by atomic mass is 10.1. The van der Waals surface area contributed by atoms with Gasteiger partial charge in [0.25, 0.3) is 0 Å². The molecule has 2 heterocycles. The fourth-order valence-corrected chi connectivity index (χ4v) is 2.88. The summed E-state index contributed by atoms with van der Waals surface area (Å²) in [5.74, 6) is 0.518. The third kappa shape index (κ3) is 3.57. The van der Waals surface area contributed by atoms with E-state index in [1.807, 2.05) is 4.90 Å². The molecule has 0 unspecified atom stereocenters. The number of piperidine rings is 1. The van der Waals surface area contributed by atoms with Crippen LogP contribution in [-0.2, 0) is 17.8 Å². The van der Waals surface area contributed by atoms with Gasteiger partial charge in [0, 0.05) is 18.8 Å². The number of nitrogens with zero attached hydrogens (tertiary/aromatic N) is 3. The predicted molar refractivity (Wildman–Crippen MR) is 82.5 cm³/mol. The molecular formula is C16H24N4O. The monoisotopic (exact) mass is 288 g/mol. The molecule has 1 saturated heterocycles. The van der Waals surface area contributed by atoms with Crippen molar-refractivity contribution in [3.8, 4) is 6.07 Å². The molecule has 5 nitrogen and oxygen atoms in total. The zero-order chi connectivity index (χ0) is 15.4. The maximum Gasteiger partial charge on any atom is 0.242 e. The molecule has 0 aliphatic carbocycles. The lowest BCUT2D eigenvalue weighted by Gasteiger charge is -2.27. The van der Waals surface area contributed by atoms with Gasteiger partial charge in [-0.1, -0.05) is 13.8 Å². The third-order valence-corrected chi connectivity index (χ3v) is 3.96. The number of amides is 1. The van der Waals surface area contributed by atoms with Crippen LogP contribution in [0.15, 0.2) is 6.07 Å². The lowest BCUT2D eigenvalue weighted by molar-refractivity contribution is -0.132. The highest BCUT2D eigenvalue weighted by molar-refractivity contribution is 5.76. The number of likely N-dealkylation sites (tertiary alicyclic amines) is 1. The number of hydrogen-bond donors (Lipinski definition) is 1. The molecule has 0 spiro atoms. The highest BCUT2D eigenvalue weighted by Gasteiger charge is 2.21. The summed E-state index contributed by atoms with van der Waals surface area (Å²) >= 11 is 0. The Morgan fingerprint density at radius 2 is 2.05 bits per heavy atom. The Kier molecular flexibility index (Phi) is 4.89. The van der Waals surface area contributed by atoms with E-state index in [1.54, 1.807) is 10.6 Å². The zero-order valence-electron chi connectivity index (χ0n) is 12.9. The summed E-state index contributed by atoms with van der Waals surface area (Å²) in [4.78, 5) is 14.3. The van der Waals surface area contributed by atoms with Crippen LogP contribution in [0.2, 0.25) is 0 Å². The first-order chi connectivity index (χ1) is 10.0. The molecule has 0 bridgehead atoms. The Balaban J connectivity index is 2.21. The minimum atomic E-state index is 0.0896. The van der Waals surface area contributed by atoms with E-state index in [0.29, 0.717) is 17.3 Å². The van der Waals surface area contributed by atoms with E-state index in [4.69, 9.17) is 5.73 Å². The lowest BCUT2D eigenvalue weighted by Crippen LogP contribution is -2.38. The molecule has 1 aliphatic heterocycles. The van der Waals surface area contributed by atoms with Crippen molar-refractivity contribution in [2.75, 3.05) is 18.8 Å². The summed E-state index contributed by atoms with van der Waals surface area (Å²) in [6, 6.07) is 3.83. The molecule has 1 amide bonds. The van der Waals surface area contributed by atoms with Gasteiger partial charge in [-0.2, -0.15) is 5.26 Å². The Bertz CT molecular complexity index is 547. The van der Waals surface area contributed by atoms with Gasteiger partial charge in [-0.3, -0.25) is 4.79 Å². The largest absolute Gasteiger partial charge is 0.397 e. The van der Waals surface area contributed by atoms with Crippen LogP contribution in [-0.4, -0.2) is 28.5 Å². The van der Waals surface area contributed by atoms with Crippen molar-refractivity contribution in [1.82, 2.24) is 9.47 Å². The van der Waals surface area contributed by atoms with Crippen molar-refractivity contribution < 1.29 is 4.79 Å². The van der Waals surface area contributed by atoms with Gasteiger partial charge in [-0.05, 0) is 37.7 Å². The first-order valence-electron chi connectivity index (χ1n) is 7.68. The molecular weight excluding hydrogens is 264 g/mol. The van der Waals surface area contributed by atoms with Crippen LogP contribution < -0.4 is 5.73 Å². The van der Waals surface area contributed by atoms with Crippen LogP contribution in [0.3, 0.4) is 0 Å². The first kappa shape index (κ1) is 15.4. The quantitative estimate of drug-likeness (QED) is 0.922. The second-order valence-electron chi connectivity index (χ2n) is 6.17. The summed E-state index contributed by atoms with van der Waals surface area (Å²) in [7, 11) is 0. The fraction of sp³-hybridized carbons (Fsp3) is 0.625. The molecule has 0 atom stereocenters. The molecule has 1 aliphatic rings. The van der Waals surface area contributed by atoms with E-state index in [1.165, 1.54) is 6.42 Å². The molecule has 0 aromatic carbocycles. The first-order valence-corrected chi connectivity index (χ1v) is 7.68. The number of nitriles is 1. The van der Waals surface area contributed by atoms with Gasteiger partial charge in [0.05, 0.1) is 5.69 Å². The Labute approximate surface area is 126 Å². The summed E-state index contributed by atoms with van der Waals surface area (Å²) in [6.45, 7) is 6.10. The van der Waals surface area contributed by atoms with Crippen LogP contribution in [0.5, 0.6) is 0 Å². The van der Waals surface area contributed by atoms with Crippen molar-refractivity contribution in [3.05, 3.63) is 17.5 Å². The van der Waals surface area contributed by atoms with Gasteiger partial charge in [-0.25, -0.2) is 0 Å². The number of hydrogen-bond acceptors (Lipinski definition) is 3. The summed E-state index contributed by atoms with van der Waals surface area (Å²) in [5, 5.41) is 9.26. The molecule has 2 rings (SSSR count). The van der Waals surface area contributed by atoms with Crippen molar-refractivity contribution in [2.24, 2.45) is 5.92 Å². The highest BCUT2D eigenvalue weighted by Crippen LogP contribution is 2.22. The minimum Gasteiger partial charge on any atom is -0.397 e. The Hall–Kier alpha value is -1.96. The van der Waals surface area contributed by atoms with Crippen molar-refractivity contribution in [1.29, 1.82) is 5.26 Å². The van der Waals surface area contributed by atoms with Crippen LogP contribution in [0, 0.1) is 17.2 Å². The van der Waals surface area contributed by atoms with E-state index in [2.05, 4.69) is 19.9 Å². The van der Waals surface area contributed by atoms with Gasteiger partial charge in [0.2, 0.25) is 5.91 Å². The number of nitrogens with two attached hydrogens (primary N) is 1. The van der Waals surface area contributed by atoms with Gasteiger partial charge < -0.3 is 15.2 Å². The Morgan fingerprint density at radius 1 is 1.38 bits per heavy atom. The highest BCUT2D eigenvalue weighted by atomic mass is 16.2. The number of anilines is 1. The molecule has 1 aromatic rings. The summed E-state index contributed by atoms with van der Waals surface area (Å²) < 4.78 is 1.80. The van der Waals surface area contributed by atoms with E-state index in [9.17, 15) is 10.1 Å². The molecule has 1 fully saturated rings. The number of rotatable bonds is 4. The zero-order valence-corrected chi connectivity index (χ0v) is 12.9. The average Bonchev–Trinajstić information content (AvgIpc) is 2.76. The second-order valence-corrected chi connectivity index (χ2v) is 6.17. The fourth-order valence-electron chi connectivity index (χ4n) is 2.88. The van der Waals surface area contributed by atoms with E-state index >= 15 is 0 Å². The summed E-state index contributed by atoms with van der Waals surface area (Å²) in [5.41, 5.74) is 8.03. The SMILES string of the molecule is CC(C)Cc1c(N)cc(C#N)n1CC(=O)N1CCCCC1. The smallest absolute Gasteiger partial charge is 0.242 e. The van der Waals surface area contributed by atoms with Gasteiger partial charge >= 0.3 is 0 Å². The van der Waals surface area contributed by atoms with E-state index in [-0.39, 0.29) is 12.5 Å². The molecule has 114 valence electrons. The number of carbonyl (C=O) groups excluding carboxylic acids is 1. The normalized spacial score (nSPS) is 15.2. The average molecular weight is 288 g/mol. The van der Waals surface area contributed by atoms with Crippen LogP contribution >= 0.6 is 0 Å². The number of nitrogen functional groups attached to an aromatic ring is 1. The maximum atomic E-state index is 12.4. The molecule has 1 aromatic heterocycles. The van der Waals surface area contributed by atoms with Gasteiger partial charge in [-0.15, -0.1) is 0 Å². The third-order valence-electron chi connectivity index (χ3n) is 3.96. The number of aromatic nitrogens is 1. The molecule has 0 radical (unpaired) electrons. The Morgan fingerprint density at radius 3 is 2.62 bits per heavy atom. The predicted octanol–water partition coefficient (Wildman–Crippen LogP) is 2.15. The van der Waals surface area contributed by atoms with Crippen molar-refractivity contribution in [3.63, 3.8) is 0 Å². The van der Waals surface area contributed by atoms with Crippen LogP contribution in [0.4, 0.5) is 5.69 Å². The minimum absolute atomic E-state index is 0.0896. The maximum absolute atomic E-state index is 12.4. The van der Waals surface area contributed by atoms with Crippen molar-refractivity contribution >= 4 is 11.6 Å². The van der Waals surface area contributed by atoms with E-state index in [0.717, 1.165) is 38.0 Å². The van der Waals surface area contributed by atoms with Crippen LogP contribution in [0.25, 0.3) is 0 Å². The molecule has 5 heteroatoms. The van der Waals surface area contributed by atoms with E-state index < -0.39 is 0 Å². The number of carbonyl (C=O) groups is 1. The molecule has 21 heavy (non-hydrogen) atoms. The standard InChI is InChI=1S/C16H24N4O/c1-12(2)8-15-14(18)9-13(10-17)20(15)11-16(21)19-6-4-3-5-7-19/h9,12H,3-8,11,18H2,1-2H3. The van der Waals surface area contributed by atoms with Gasteiger partial charge in [0.15, 0.2) is 0 Å². The topological polar surface area (TPSA) is 75.0 Å². The molecule has 0 saturated carbocycles. The van der Waals surface area contributed by atoms with Crippen LogP contribution in [0.1, 0.15) is 44.5 Å². The second kappa shape index (κ2) is 6.66. The molecule has 2 N–H and O–H groups in total. The summed E-state index contributed by atoms with van der Waals surface area (Å²) in [6.07, 6.45) is 4.12. The van der Waals surface area contributed by atoms with Gasteiger partial charge in [0.1, 0.15) is 18.3 Å². The van der Waals surface area contributed by atoms with Crippen molar-refractivity contribution in [2.45, 2.75) is 46.1 Å².